The van der Waals surface area contributed by atoms with Gasteiger partial charge in [-0.25, -0.2) is 4.79 Å². The number of thiophene rings is 2. The van der Waals surface area contributed by atoms with Crippen molar-refractivity contribution in [3.05, 3.63) is 27.8 Å². The van der Waals surface area contributed by atoms with Gasteiger partial charge in [0.25, 0.3) is 5.91 Å². The molecule has 0 saturated heterocycles. The highest BCUT2D eigenvalue weighted by atomic mass is 35.5. The maximum absolute atomic E-state index is 11.7. The van der Waals surface area contributed by atoms with Crippen molar-refractivity contribution in [3.8, 4) is 10.4 Å². The Balaban J connectivity index is 2.38. The summed E-state index contributed by atoms with van der Waals surface area (Å²) in [5.74, 6) is -1.11. The molecule has 0 atom stereocenters. The zero-order chi connectivity index (χ0) is 14.7. The lowest BCUT2D eigenvalue weighted by atomic mass is 10.2. The fraction of sp³-hybridized carbons (Fsp3) is 0.167. The largest absolute Gasteiger partial charge is 0.465 e. The average Bonchev–Trinajstić information content (AvgIpc) is 3.06. The van der Waals surface area contributed by atoms with E-state index in [0.717, 1.165) is 10.4 Å². The van der Waals surface area contributed by atoms with Crippen molar-refractivity contribution in [1.82, 2.24) is 0 Å². The molecular formula is C12H9Cl2NO3S2. The fourth-order valence-electron chi connectivity index (χ4n) is 1.46. The van der Waals surface area contributed by atoms with E-state index in [0.29, 0.717) is 10.6 Å². The van der Waals surface area contributed by atoms with Crippen LogP contribution in [0, 0.1) is 0 Å². The Morgan fingerprint density at radius 1 is 1.40 bits per heavy atom. The Bertz CT molecular complexity index is 623. The van der Waals surface area contributed by atoms with E-state index in [9.17, 15) is 9.59 Å². The summed E-state index contributed by atoms with van der Waals surface area (Å²) in [4.78, 5) is 23.2. The number of methoxy groups -OCH3 is 1. The summed E-state index contributed by atoms with van der Waals surface area (Å²) in [5, 5.41) is 6.40. The normalized spacial score (nSPS) is 10.6. The Hall–Kier alpha value is -1.08. The van der Waals surface area contributed by atoms with Crippen LogP contribution in [-0.2, 0) is 9.53 Å². The molecule has 0 saturated carbocycles. The van der Waals surface area contributed by atoms with Gasteiger partial charge in [-0.3, -0.25) is 4.79 Å². The summed E-state index contributed by atoms with van der Waals surface area (Å²) >= 11 is 13.8. The first kappa shape index (κ1) is 15.3. The van der Waals surface area contributed by atoms with E-state index in [-0.39, 0.29) is 0 Å². The van der Waals surface area contributed by atoms with Crippen molar-refractivity contribution >= 4 is 63.4 Å². The Labute approximate surface area is 133 Å². The molecule has 0 radical (unpaired) electrons. The molecule has 2 aromatic rings. The lowest BCUT2D eigenvalue weighted by molar-refractivity contribution is -0.114. The Morgan fingerprint density at radius 2 is 2.15 bits per heavy atom. The number of rotatable bonds is 4. The van der Waals surface area contributed by atoms with E-state index >= 15 is 0 Å². The molecule has 0 spiro atoms. The minimum Gasteiger partial charge on any atom is -0.465 e. The molecule has 20 heavy (non-hydrogen) atoms. The second-order valence-electron chi connectivity index (χ2n) is 3.65. The van der Waals surface area contributed by atoms with Crippen molar-refractivity contribution in [2.75, 3.05) is 12.4 Å². The predicted octanol–water partition coefficient (Wildman–Crippen LogP) is 4.01. The van der Waals surface area contributed by atoms with Crippen LogP contribution >= 0.6 is 45.9 Å². The highest BCUT2D eigenvalue weighted by Crippen LogP contribution is 2.36. The summed E-state index contributed by atoms with van der Waals surface area (Å²) in [6, 6.07) is 3.63. The van der Waals surface area contributed by atoms with Crippen LogP contribution in [0.15, 0.2) is 22.9 Å². The maximum atomic E-state index is 11.7. The number of hydrogen-bond acceptors (Lipinski definition) is 5. The average molecular weight is 350 g/mol. The zero-order valence-corrected chi connectivity index (χ0v) is 13.3. The van der Waals surface area contributed by atoms with E-state index in [1.165, 1.54) is 18.4 Å². The number of nitrogens with one attached hydrogen (secondary N) is 1. The molecule has 0 aromatic carbocycles. The Kier molecular flexibility index (Phi) is 5.04. The number of halogens is 2. The van der Waals surface area contributed by atoms with Gasteiger partial charge in [0.1, 0.15) is 4.88 Å². The van der Waals surface area contributed by atoms with Crippen LogP contribution < -0.4 is 5.32 Å². The number of alkyl halides is 2. The summed E-state index contributed by atoms with van der Waals surface area (Å²) < 4.78 is 4.71. The molecule has 8 heteroatoms. The quantitative estimate of drug-likeness (QED) is 0.670. The van der Waals surface area contributed by atoms with Crippen LogP contribution in [0.3, 0.4) is 0 Å². The third-order valence-electron chi connectivity index (χ3n) is 2.36. The van der Waals surface area contributed by atoms with Gasteiger partial charge in [-0.05, 0) is 22.9 Å². The fourth-order valence-corrected chi connectivity index (χ4v) is 3.33. The first-order valence-corrected chi connectivity index (χ1v) is 8.00. The van der Waals surface area contributed by atoms with Crippen molar-refractivity contribution < 1.29 is 14.3 Å². The number of ether oxygens (including phenoxy) is 1. The monoisotopic (exact) mass is 349 g/mol. The first-order valence-electron chi connectivity index (χ1n) is 5.36. The topological polar surface area (TPSA) is 55.4 Å². The highest BCUT2D eigenvalue weighted by Gasteiger charge is 2.21. The smallest absolute Gasteiger partial charge is 0.350 e. The van der Waals surface area contributed by atoms with Crippen molar-refractivity contribution in [1.29, 1.82) is 0 Å². The van der Waals surface area contributed by atoms with Gasteiger partial charge in [-0.1, -0.05) is 23.2 Å². The molecule has 0 bridgehead atoms. The highest BCUT2D eigenvalue weighted by molar-refractivity contribution is 7.18. The molecule has 0 aliphatic carbocycles. The Morgan fingerprint density at radius 3 is 2.70 bits per heavy atom. The number of anilines is 1. The molecule has 0 fully saturated rings. The third-order valence-corrected chi connectivity index (χ3v) is 4.61. The molecule has 0 aliphatic heterocycles. The second kappa shape index (κ2) is 6.58. The zero-order valence-electron chi connectivity index (χ0n) is 10.2. The van der Waals surface area contributed by atoms with Gasteiger partial charge in [0, 0.05) is 10.4 Å². The molecule has 106 valence electrons. The molecule has 1 amide bonds. The number of amides is 1. The van der Waals surface area contributed by atoms with E-state index in [4.69, 9.17) is 27.9 Å². The van der Waals surface area contributed by atoms with Crippen LogP contribution in [0.2, 0.25) is 0 Å². The second-order valence-corrected chi connectivity index (χ2v) is 6.58. The maximum Gasteiger partial charge on any atom is 0.350 e. The van der Waals surface area contributed by atoms with Gasteiger partial charge < -0.3 is 10.1 Å². The van der Waals surface area contributed by atoms with E-state index in [1.807, 2.05) is 16.8 Å². The molecule has 0 aliphatic rings. The van der Waals surface area contributed by atoms with Crippen LogP contribution in [0.4, 0.5) is 5.69 Å². The van der Waals surface area contributed by atoms with Gasteiger partial charge in [0.2, 0.25) is 0 Å². The van der Waals surface area contributed by atoms with E-state index in [1.54, 1.807) is 17.4 Å². The van der Waals surface area contributed by atoms with Gasteiger partial charge in [0.15, 0.2) is 4.84 Å². The number of carbonyl (C=O) groups excluding carboxylic acids is 2. The lowest BCUT2D eigenvalue weighted by Gasteiger charge is -2.05. The predicted molar refractivity (Wildman–Crippen MR) is 83.1 cm³/mol. The van der Waals surface area contributed by atoms with Gasteiger partial charge in [-0.15, -0.1) is 11.3 Å². The van der Waals surface area contributed by atoms with Gasteiger partial charge in [-0.2, -0.15) is 11.3 Å². The molecule has 2 heterocycles. The first-order chi connectivity index (χ1) is 9.52. The van der Waals surface area contributed by atoms with Crippen LogP contribution in [0.1, 0.15) is 9.67 Å². The minimum atomic E-state index is -1.20. The molecule has 2 rings (SSSR count). The van der Waals surface area contributed by atoms with Crippen LogP contribution in [-0.4, -0.2) is 23.8 Å². The lowest BCUT2D eigenvalue weighted by Crippen LogP contribution is -2.19. The molecular weight excluding hydrogens is 341 g/mol. The van der Waals surface area contributed by atoms with Gasteiger partial charge in [0.05, 0.1) is 12.8 Å². The van der Waals surface area contributed by atoms with Crippen LogP contribution in [0.25, 0.3) is 10.4 Å². The van der Waals surface area contributed by atoms with Gasteiger partial charge >= 0.3 is 5.97 Å². The molecule has 1 N–H and O–H groups in total. The summed E-state index contributed by atoms with van der Waals surface area (Å²) in [5.41, 5.74) is 1.32. The summed E-state index contributed by atoms with van der Waals surface area (Å²) in [6.45, 7) is 0. The molecule has 4 nitrogen and oxygen atoms in total. The number of esters is 1. The van der Waals surface area contributed by atoms with Crippen LogP contribution in [0.5, 0.6) is 0 Å². The van der Waals surface area contributed by atoms with Crippen molar-refractivity contribution in [3.63, 3.8) is 0 Å². The van der Waals surface area contributed by atoms with Crippen molar-refractivity contribution in [2.45, 2.75) is 4.84 Å². The van der Waals surface area contributed by atoms with E-state index < -0.39 is 16.7 Å². The number of carbonyl (C=O) groups is 2. The minimum absolute atomic E-state index is 0.302. The summed E-state index contributed by atoms with van der Waals surface area (Å²) in [7, 11) is 1.28. The summed E-state index contributed by atoms with van der Waals surface area (Å²) in [6.07, 6.45) is 0. The van der Waals surface area contributed by atoms with Crippen molar-refractivity contribution in [2.24, 2.45) is 0 Å². The standard InChI is InChI=1S/C12H9Cl2NO3S2/c1-18-12(17)9-7(15-11(16)10(13)14)4-8(20-9)6-2-3-19-5-6/h2-5,10H,1H3,(H,15,16). The molecule has 0 unspecified atom stereocenters. The third kappa shape index (κ3) is 3.32. The van der Waals surface area contributed by atoms with E-state index in [2.05, 4.69) is 5.32 Å². The molecule has 2 aromatic heterocycles. The SMILES string of the molecule is COC(=O)c1sc(-c2ccsc2)cc1NC(=O)C(Cl)Cl. The number of hydrogen-bond donors (Lipinski definition) is 1.